The number of hydrogen-bond acceptors (Lipinski definition) is 6. The van der Waals surface area contributed by atoms with E-state index in [1.54, 1.807) is 12.1 Å². The number of halogens is 2. The van der Waals surface area contributed by atoms with Gasteiger partial charge in [0, 0.05) is 27.7 Å². The molecule has 0 fully saturated rings. The van der Waals surface area contributed by atoms with Gasteiger partial charge in [0.05, 0.1) is 23.1 Å². The fourth-order valence-corrected chi connectivity index (χ4v) is 3.26. The highest BCUT2D eigenvalue weighted by atomic mass is 35.5. The fraction of sp³-hybridized carbons (Fsp3) is 0.130. The van der Waals surface area contributed by atoms with Crippen LogP contribution < -0.4 is 5.32 Å². The number of nitro benzene ring substituents is 1. The molecule has 8 nitrogen and oxygen atoms in total. The number of carbonyl (C=O) groups excluding carboxylic acids is 2. The molecule has 0 heterocycles. The zero-order valence-corrected chi connectivity index (χ0v) is 18.5. The van der Waals surface area contributed by atoms with Gasteiger partial charge in [-0.2, -0.15) is 0 Å². The number of hydrogen-bond donors (Lipinski definition) is 2. The first-order valence-corrected chi connectivity index (χ1v) is 10.4. The Balaban J connectivity index is 1.90. The second-order valence-electron chi connectivity index (χ2n) is 6.95. The number of aliphatic hydroxyl groups excluding tert-OH is 1. The number of esters is 1. The number of nitrogens with zero attached hydrogens (tertiary/aromatic N) is 1. The molecule has 0 saturated heterocycles. The van der Waals surface area contributed by atoms with Crippen molar-refractivity contribution >= 4 is 40.8 Å². The van der Waals surface area contributed by atoms with Crippen LogP contribution in [0.3, 0.4) is 0 Å². The van der Waals surface area contributed by atoms with E-state index in [9.17, 15) is 24.8 Å². The van der Waals surface area contributed by atoms with Crippen LogP contribution in [-0.2, 0) is 4.74 Å². The van der Waals surface area contributed by atoms with Crippen LogP contribution in [0.5, 0.6) is 0 Å². The highest BCUT2D eigenvalue weighted by Gasteiger charge is 2.29. The lowest BCUT2D eigenvalue weighted by molar-refractivity contribution is -0.384. The van der Waals surface area contributed by atoms with Crippen molar-refractivity contribution in [1.29, 1.82) is 0 Å². The second kappa shape index (κ2) is 10.9. The average molecular weight is 489 g/mol. The predicted molar refractivity (Wildman–Crippen MR) is 122 cm³/mol. The van der Waals surface area contributed by atoms with Gasteiger partial charge in [-0.05, 0) is 66.2 Å². The zero-order valence-electron chi connectivity index (χ0n) is 17.0. The summed E-state index contributed by atoms with van der Waals surface area (Å²) in [7, 11) is 0. The Bertz CT molecular complexity index is 1140. The Kier molecular flexibility index (Phi) is 8.00. The molecule has 3 rings (SSSR count). The number of benzene rings is 3. The van der Waals surface area contributed by atoms with Crippen LogP contribution in [0.25, 0.3) is 0 Å². The van der Waals surface area contributed by atoms with Gasteiger partial charge in [-0.15, -0.1) is 0 Å². The van der Waals surface area contributed by atoms with Gasteiger partial charge in [0.2, 0.25) is 0 Å². The van der Waals surface area contributed by atoms with Crippen molar-refractivity contribution in [3.05, 3.63) is 110 Å². The van der Waals surface area contributed by atoms with Gasteiger partial charge in [-0.1, -0.05) is 23.2 Å². The van der Waals surface area contributed by atoms with Crippen LogP contribution in [0.15, 0.2) is 72.8 Å². The van der Waals surface area contributed by atoms with Crippen molar-refractivity contribution in [1.82, 2.24) is 5.32 Å². The maximum absolute atomic E-state index is 12.7. The summed E-state index contributed by atoms with van der Waals surface area (Å²) < 4.78 is 5.62. The molecule has 0 unspecified atom stereocenters. The Morgan fingerprint density at radius 2 is 1.42 bits per heavy atom. The van der Waals surface area contributed by atoms with E-state index in [0.29, 0.717) is 15.6 Å². The third-order valence-corrected chi connectivity index (χ3v) is 5.24. The van der Waals surface area contributed by atoms with Gasteiger partial charge in [0.15, 0.2) is 0 Å². The Morgan fingerprint density at radius 3 is 1.91 bits per heavy atom. The maximum atomic E-state index is 12.7. The standard InChI is InChI=1S/C23H18Cl2N2O6/c24-17-7-1-15(2-8-17)22(29)26-20(13-28)21(14-5-11-19(12-6-14)27(31)32)33-23(30)16-3-9-18(25)10-4-16/h1-12,20-21,28H,13H2,(H,26,29)/t20-,21+/m0/s1. The second-order valence-corrected chi connectivity index (χ2v) is 7.82. The monoisotopic (exact) mass is 488 g/mol. The lowest BCUT2D eigenvalue weighted by Gasteiger charge is -2.27. The van der Waals surface area contributed by atoms with Crippen LogP contribution >= 0.6 is 23.2 Å². The number of ether oxygens (including phenoxy) is 1. The smallest absolute Gasteiger partial charge is 0.338 e. The molecule has 0 radical (unpaired) electrons. The van der Waals surface area contributed by atoms with Crippen LogP contribution in [0.4, 0.5) is 5.69 Å². The van der Waals surface area contributed by atoms with E-state index in [4.69, 9.17) is 27.9 Å². The molecule has 10 heteroatoms. The number of nitrogens with one attached hydrogen (secondary N) is 1. The zero-order chi connectivity index (χ0) is 24.0. The van der Waals surface area contributed by atoms with E-state index in [1.165, 1.54) is 60.7 Å². The number of rotatable bonds is 8. The number of nitro groups is 1. The first-order chi connectivity index (χ1) is 15.8. The lowest BCUT2D eigenvalue weighted by atomic mass is 10.0. The van der Waals surface area contributed by atoms with Gasteiger partial charge >= 0.3 is 5.97 Å². The van der Waals surface area contributed by atoms with E-state index in [1.807, 2.05) is 0 Å². The Hall–Kier alpha value is -3.46. The topological polar surface area (TPSA) is 119 Å². The van der Waals surface area contributed by atoms with Gasteiger partial charge in [-0.3, -0.25) is 14.9 Å². The van der Waals surface area contributed by atoms with E-state index < -0.39 is 35.6 Å². The summed E-state index contributed by atoms with van der Waals surface area (Å²) in [6.45, 7) is -0.575. The molecule has 2 atom stereocenters. The maximum Gasteiger partial charge on any atom is 0.338 e. The molecule has 0 aliphatic rings. The number of carbonyl (C=O) groups is 2. The van der Waals surface area contributed by atoms with Gasteiger partial charge in [-0.25, -0.2) is 4.79 Å². The summed E-state index contributed by atoms with van der Waals surface area (Å²) in [5.74, 6) is -1.26. The molecule has 0 spiro atoms. The average Bonchev–Trinajstić information content (AvgIpc) is 2.82. The van der Waals surface area contributed by atoms with Crippen molar-refractivity contribution in [3.63, 3.8) is 0 Å². The fourth-order valence-electron chi connectivity index (χ4n) is 3.01. The molecule has 3 aromatic rings. The van der Waals surface area contributed by atoms with Crippen LogP contribution in [0.2, 0.25) is 10.0 Å². The van der Waals surface area contributed by atoms with Crippen molar-refractivity contribution in [2.24, 2.45) is 0 Å². The molecular formula is C23H18Cl2N2O6. The van der Waals surface area contributed by atoms with E-state index in [-0.39, 0.29) is 16.8 Å². The van der Waals surface area contributed by atoms with Gasteiger partial charge in [0.1, 0.15) is 6.10 Å². The van der Waals surface area contributed by atoms with Crippen molar-refractivity contribution in [2.75, 3.05) is 6.61 Å². The molecule has 2 N–H and O–H groups in total. The summed E-state index contributed by atoms with van der Waals surface area (Å²) in [6, 6.07) is 16.3. The van der Waals surface area contributed by atoms with E-state index in [0.717, 1.165) is 0 Å². The van der Waals surface area contributed by atoms with Gasteiger partial charge in [0.25, 0.3) is 11.6 Å². The minimum Gasteiger partial charge on any atom is -0.452 e. The largest absolute Gasteiger partial charge is 0.452 e. The summed E-state index contributed by atoms with van der Waals surface area (Å²) >= 11 is 11.7. The van der Waals surface area contributed by atoms with Crippen molar-refractivity contribution in [3.8, 4) is 0 Å². The minimum atomic E-state index is -1.14. The molecule has 33 heavy (non-hydrogen) atoms. The molecule has 0 aliphatic carbocycles. The molecule has 0 aliphatic heterocycles. The van der Waals surface area contributed by atoms with E-state index >= 15 is 0 Å². The summed E-state index contributed by atoms with van der Waals surface area (Å²) in [5.41, 5.74) is 0.669. The van der Waals surface area contributed by atoms with Crippen LogP contribution in [-0.4, -0.2) is 34.6 Å². The van der Waals surface area contributed by atoms with Crippen molar-refractivity contribution < 1.29 is 24.4 Å². The molecule has 170 valence electrons. The first kappa shape index (κ1) is 24.2. The molecular weight excluding hydrogens is 471 g/mol. The SMILES string of the molecule is O=C(N[C@@H](CO)[C@H](OC(=O)c1ccc(Cl)cc1)c1ccc([N+](=O)[O-])cc1)c1ccc(Cl)cc1. The third-order valence-electron chi connectivity index (χ3n) is 4.73. The minimum absolute atomic E-state index is 0.160. The van der Waals surface area contributed by atoms with Crippen LogP contribution in [0.1, 0.15) is 32.4 Å². The first-order valence-electron chi connectivity index (χ1n) is 9.66. The lowest BCUT2D eigenvalue weighted by Crippen LogP contribution is -2.43. The number of non-ortho nitro benzene ring substituents is 1. The predicted octanol–water partition coefficient (Wildman–Crippen LogP) is 4.59. The van der Waals surface area contributed by atoms with Crippen molar-refractivity contribution in [2.45, 2.75) is 12.1 Å². The molecule has 0 bridgehead atoms. The summed E-state index contributed by atoms with van der Waals surface area (Å²) in [6.07, 6.45) is -1.14. The summed E-state index contributed by atoms with van der Waals surface area (Å²) in [5, 5.41) is 24.5. The number of amides is 1. The van der Waals surface area contributed by atoms with E-state index in [2.05, 4.69) is 5.32 Å². The molecule has 1 amide bonds. The normalized spacial score (nSPS) is 12.5. The molecule has 3 aromatic carbocycles. The third kappa shape index (κ3) is 6.29. The Labute approximate surface area is 198 Å². The van der Waals surface area contributed by atoms with Crippen LogP contribution in [0, 0.1) is 10.1 Å². The summed E-state index contributed by atoms with van der Waals surface area (Å²) in [4.78, 5) is 35.9. The van der Waals surface area contributed by atoms with Gasteiger partial charge < -0.3 is 15.2 Å². The number of aliphatic hydroxyl groups is 1. The quantitative estimate of drug-likeness (QED) is 0.272. The molecule has 0 saturated carbocycles. The molecule has 0 aromatic heterocycles. The highest BCUT2D eigenvalue weighted by molar-refractivity contribution is 6.31. The Morgan fingerprint density at radius 1 is 0.909 bits per heavy atom. The highest BCUT2D eigenvalue weighted by Crippen LogP contribution is 2.26.